The van der Waals surface area contributed by atoms with Gasteiger partial charge in [0.15, 0.2) is 5.96 Å². The fourth-order valence-electron chi connectivity index (χ4n) is 3.90. The third-order valence-corrected chi connectivity index (χ3v) is 5.93. The van der Waals surface area contributed by atoms with Gasteiger partial charge in [-0.25, -0.2) is 4.99 Å². The van der Waals surface area contributed by atoms with E-state index in [0.29, 0.717) is 25.5 Å². The third kappa shape index (κ3) is 9.52. The monoisotopic (exact) mass is 559 g/mol. The van der Waals surface area contributed by atoms with E-state index in [2.05, 4.69) is 47.3 Å². The van der Waals surface area contributed by atoms with Crippen LogP contribution in [0.5, 0.6) is 5.75 Å². The topological polar surface area (TPSA) is 69.2 Å². The summed E-state index contributed by atoms with van der Waals surface area (Å²) in [6, 6.07) is 8.18. The number of halogens is 1. The minimum Gasteiger partial charge on any atom is -0.492 e. The molecule has 8 heteroatoms. The molecule has 2 N–H and O–H groups in total. The zero-order valence-electron chi connectivity index (χ0n) is 20.2. The molecular formula is C24H42IN5O2. The largest absolute Gasteiger partial charge is 0.492 e. The van der Waals surface area contributed by atoms with E-state index in [4.69, 9.17) is 9.73 Å². The lowest BCUT2D eigenvalue weighted by atomic mass is 9.93. The first-order valence-electron chi connectivity index (χ1n) is 11.8. The number of aliphatic imine (C=N–C) groups is 1. The van der Waals surface area contributed by atoms with Crippen LogP contribution >= 0.6 is 24.0 Å². The van der Waals surface area contributed by atoms with Crippen molar-refractivity contribution >= 4 is 35.8 Å². The molecule has 0 radical (unpaired) electrons. The molecule has 0 saturated carbocycles. The molecule has 1 aliphatic heterocycles. The van der Waals surface area contributed by atoms with Gasteiger partial charge in [-0.2, -0.15) is 0 Å². The summed E-state index contributed by atoms with van der Waals surface area (Å²) in [5, 5.41) is 6.17. The van der Waals surface area contributed by atoms with Gasteiger partial charge in [0.2, 0.25) is 5.91 Å². The Balaban J connectivity index is 0.00000512. The molecule has 0 spiro atoms. The number of para-hydroxylation sites is 1. The Morgan fingerprint density at radius 3 is 2.50 bits per heavy atom. The average molecular weight is 560 g/mol. The molecule has 7 nitrogen and oxygen atoms in total. The third-order valence-electron chi connectivity index (χ3n) is 5.93. The van der Waals surface area contributed by atoms with Crippen molar-refractivity contribution in [3.05, 3.63) is 29.8 Å². The van der Waals surface area contributed by atoms with E-state index in [1.54, 1.807) is 7.05 Å². The van der Waals surface area contributed by atoms with Gasteiger partial charge in [-0.3, -0.25) is 4.79 Å². The predicted molar refractivity (Wildman–Crippen MR) is 143 cm³/mol. The fraction of sp³-hybridized carbons (Fsp3) is 0.667. The SMILES string of the molecule is CCNC(=NCc1ccccc1OCCN(CC)CC)N1CCC(CC(=O)NC)CC1.I. The van der Waals surface area contributed by atoms with Gasteiger partial charge in [0, 0.05) is 45.2 Å². The van der Waals surface area contributed by atoms with E-state index in [-0.39, 0.29) is 29.9 Å². The van der Waals surface area contributed by atoms with Gasteiger partial charge in [-0.1, -0.05) is 32.0 Å². The standard InChI is InChI=1S/C24H41N5O2.HI/c1-5-26-24(29-14-12-20(13-15-29)18-23(30)25-4)27-19-21-10-8-9-11-22(21)31-17-16-28(6-2)7-3;/h8-11,20H,5-7,12-19H2,1-4H3,(H,25,30)(H,26,27);1H. The van der Waals surface area contributed by atoms with Crippen LogP contribution in [0.3, 0.4) is 0 Å². The highest BCUT2D eigenvalue weighted by atomic mass is 127. The van der Waals surface area contributed by atoms with E-state index in [1.165, 1.54) is 0 Å². The van der Waals surface area contributed by atoms with Gasteiger partial charge in [-0.05, 0) is 44.8 Å². The molecule has 1 fully saturated rings. The lowest BCUT2D eigenvalue weighted by Crippen LogP contribution is -2.46. The van der Waals surface area contributed by atoms with Crippen LogP contribution in [0.2, 0.25) is 0 Å². The zero-order chi connectivity index (χ0) is 22.5. The number of rotatable bonds is 11. The second-order valence-electron chi connectivity index (χ2n) is 7.96. The quantitative estimate of drug-likeness (QED) is 0.247. The number of likely N-dealkylation sites (N-methyl/N-ethyl adjacent to an activating group) is 1. The lowest BCUT2D eigenvalue weighted by molar-refractivity contribution is -0.121. The number of hydrogen-bond acceptors (Lipinski definition) is 4. The number of amides is 1. The number of nitrogens with zero attached hydrogens (tertiary/aromatic N) is 3. The summed E-state index contributed by atoms with van der Waals surface area (Å²) in [6.07, 6.45) is 2.65. The Labute approximate surface area is 211 Å². The number of ether oxygens (including phenoxy) is 1. The first-order valence-corrected chi connectivity index (χ1v) is 11.8. The predicted octanol–water partition coefficient (Wildman–Crippen LogP) is 3.34. The number of hydrogen-bond donors (Lipinski definition) is 2. The zero-order valence-corrected chi connectivity index (χ0v) is 22.6. The van der Waals surface area contributed by atoms with Crippen LogP contribution in [0.15, 0.2) is 29.3 Å². The van der Waals surface area contributed by atoms with Crippen LogP contribution in [0.4, 0.5) is 0 Å². The van der Waals surface area contributed by atoms with Gasteiger partial charge in [-0.15, -0.1) is 24.0 Å². The average Bonchev–Trinajstić information content (AvgIpc) is 2.80. The molecule has 0 aromatic heterocycles. The van der Waals surface area contributed by atoms with Crippen molar-refractivity contribution in [2.75, 3.05) is 52.9 Å². The van der Waals surface area contributed by atoms with Crippen molar-refractivity contribution in [1.29, 1.82) is 0 Å². The van der Waals surface area contributed by atoms with Crippen molar-refractivity contribution in [1.82, 2.24) is 20.4 Å². The molecule has 1 aromatic rings. The summed E-state index contributed by atoms with van der Waals surface area (Å²) in [6.45, 7) is 13.4. The maximum atomic E-state index is 11.7. The molecular weight excluding hydrogens is 517 g/mol. The van der Waals surface area contributed by atoms with Gasteiger partial charge in [0.1, 0.15) is 12.4 Å². The van der Waals surface area contributed by atoms with E-state index in [9.17, 15) is 4.79 Å². The minimum atomic E-state index is 0. The van der Waals surface area contributed by atoms with Crippen LogP contribution in [-0.4, -0.2) is 74.6 Å². The summed E-state index contributed by atoms with van der Waals surface area (Å²) in [5.41, 5.74) is 1.10. The van der Waals surface area contributed by atoms with Crippen LogP contribution in [0, 0.1) is 5.92 Å². The van der Waals surface area contributed by atoms with Crippen molar-refractivity contribution in [2.45, 2.75) is 46.6 Å². The Bertz CT molecular complexity index is 689. The normalized spacial score (nSPS) is 14.8. The van der Waals surface area contributed by atoms with Gasteiger partial charge in [0.25, 0.3) is 0 Å². The van der Waals surface area contributed by atoms with E-state index < -0.39 is 0 Å². The maximum Gasteiger partial charge on any atom is 0.220 e. The van der Waals surface area contributed by atoms with Gasteiger partial charge < -0.3 is 25.2 Å². The van der Waals surface area contributed by atoms with Crippen LogP contribution in [0.25, 0.3) is 0 Å². The molecule has 1 aromatic carbocycles. The Morgan fingerprint density at radius 1 is 1.19 bits per heavy atom. The first kappa shape index (κ1) is 28.5. The number of likely N-dealkylation sites (tertiary alicyclic amines) is 1. The highest BCUT2D eigenvalue weighted by Crippen LogP contribution is 2.22. The Hall–Kier alpha value is -1.55. The Kier molecular flexibility index (Phi) is 14.4. The second kappa shape index (κ2) is 16.1. The van der Waals surface area contributed by atoms with Crippen molar-refractivity contribution in [2.24, 2.45) is 10.9 Å². The maximum absolute atomic E-state index is 11.7. The molecule has 1 heterocycles. The molecule has 0 aliphatic carbocycles. The van der Waals surface area contributed by atoms with Crippen molar-refractivity contribution < 1.29 is 9.53 Å². The van der Waals surface area contributed by atoms with Gasteiger partial charge >= 0.3 is 0 Å². The number of carbonyl (C=O) groups is 1. The molecule has 0 bridgehead atoms. The molecule has 1 aliphatic rings. The minimum absolute atomic E-state index is 0. The van der Waals surface area contributed by atoms with E-state index in [0.717, 1.165) is 69.4 Å². The number of benzene rings is 1. The molecule has 182 valence electrons. The van der Waals surface area contributed by atoms with Crippen LogP contribution in [0.1, 0.15) is 45.6 Å². The fourth-order valence-corrected chi connectivity index (χ4v) is 3.90. The molecule has 1 saturated heterocycles. The molecule has 32 heavy (non-hydrogen) atoms. The highest BCUT2D eigenvalue weighted by molar-refractivity contribution is 14.0. The van der Waals surface area contributed by atoms with Crippen molar-refractivity contribution in [3.63, 3.8) is 0 Å². The summed E-state index contributed by atoms with van der Waals surface area (Å²) in [5.74, 6) is 2.45. The second-order valence-corrected chi connectivity index (χ2v) is 7.96. The van der Waals surface area contributed by atoms with Gasteiger partial charge in [0.05, 0.1) is 6.54 Å². The number of guanidine groups is 1. The van der Waals surface area contributed by atoms with Crippen molar-refractivity contribution in [3.8, 4) is 5.75 Å². The summed E-state index contributed by atoms with van der Waals surface area (Å²) < 4.78 is 6.09. The number of nitrogens with one attached hydrogen (secondary N) is 2. The van der Waals surface area contributed by atoms with E-state index >= 15 is 0 Å². The molecule has 2 rings (SSSR count). The van der Waals surface area contributed by atoms with Crippen LogP contribution < -0.4 is 15.4 Å². The first-order chi connectivity index (χ1) is 15.1. The summed E-state index contributed by atoms with van der Waals surface area (Å²) in [4.78, 5) is 21.2. The lowest BCUT2D eigenvalue weighted by Gasteiger charge is -2.34. The summed E-state index contributed by atoms with van der Waals surface area (Å²) >= 11 is 0. The number of carbonyl (C=O) groups excluding carboxylic acids is 1. The smallest absolute Gasteiger partial charge is 0.220 e. The molecule has 1 amide bonds. The van der Waals surface area contributed by atoms with E-state index in [1.807, 2.05) is 18.2 Å². The number of piperidine rings is 1. The highest BCUT2D eigenvalue weighted by Gasteiger charge is 2.23. The molecule has 0 atom stereocenters. The van der Waals surface area contributed by atoms with Crippen LogP contribution in [-0.2, 0) is 11.3 Å². The molecule has 0 unspecified atom stereocenters. The summed E-state index contributed by atoms with van der Waals surface area (Å²) in [7, 11) is 1.71. The Morgan fingerprint density at radius 2 is 1.88 bits per heavy atom.